The summed E-state index contributed by atoms with van der Waals surface area (Å²) in [4.78, 5) is 3.06. The molecular formula is C13H20N2OS. The zero-order chi connectivity index (χ0) is 12.3. The summed E-state index contributed by atoms with van der Waals surface area (Å²) in [6.07, 6.45) is 5.11. The van der Waals surface area contributed by atoms with Gasteiger partial charge in [-0.05, 0) is 36.9 Å². The number of hydrogen-bond donors (Lipinski definition) is 1. The molecule has 3 nitrogen and oxygen atoms in total. The van der Waals surface area contributed by atoms with E-state index in [1.807, 2.05) is 12.1 Å². The average Bonchev–Trinajstić information content (AvgIpc) is 2.81. The minimum atomic E-state index is 0.356. The maximum absolute atomic E-state index is 5.67. The van der Waals surface area contributed by atoms with Gasteiger partial charge < -0.3 is 10.2 Å². The first kappa shape index (κ1) is 12.6. The first-order valence-corrected chi connectivity index (χ1v) is 6.57. The molecule has 1 aliphatic carbocycles. The van der Waals surface area contributed by atoms with E-state index in [1.165, 1.54) is 12.8 Å². The van der Waals surface area contributed by atoms with E-state index in [1.54, 1.807) is 6.26 Å². The summed E-state index contributed by atoms with van der Waals surface area (Å²) in [6, 6.07) is 3.96. The van der Waals surface area contributed by atoms with Gasteiger partial charge in [-0.2, -0.15) is 0 Å². The van der Waals surface area contributed by atoms with Crippen molar-refractivity contribution in [1.29, 1.82) is 0 Å². The van der Waals surface area contributed by atoms with Gasteiger partial charge in [-0.15, -0.1) is 0 Å². The fourth-order valence-electron chi connectivity index (χ4n) is 2.31. The van der Waals surface area contributed by atoms with Gasteiger partial charge in [0.05, 0.1) is 17.8 Å². The summed E-state index contributed by atoms with van der Waals surface area (Å²) in [5.41, 5.74) is 6.02. The minimum absolute atomic E-state index is 0.356. The number of nitrogens with two attached hydrogens (primary N) is 1. The van der Waals surface area contributed by atoms with Crippen molar-refractivity contribution in [2.75, 3.05) is 13.1 Å². The van der Waals surface area contributed by atoms with Gasteiger partial charge in [-0.1, -0.05) is 19.1 Å². The SMILES string of the molecule is CCN(Cc1ccco1)CC1(CC(N)=S)CC1. The highest BCUT2D eigenvalue weighted by atomic mass is 32.1. The molecule has 4 heteroatoms. The van der Waals surface area contributed by atoms with Crippen molar-refractivity contribution in [2.24, 2.45) is 11.1 Å². The molecule has 1 saturated carbocycles. The zero-order valence-corrected chi connectivity index (χ0v) is 11.1. The standard InChI is InChI=1S/C13H20N2OS/c1-2-15(9-11-4-3-7-16-11)10-13(5-6-13)8-12(14)17/h3-4,7H,2,5-6,8-10H2,1H3,(H2,14,17). The number of hydrogen-bond acceptors (Lipinski definition) is 3. The van der Waals surface area contributed by atoms with Crippen LogP contribution >= 0.6 is 12.2 Å². The Hall–Kier alpha value is -0.870. The normalized spacial score (nSPS) is 17.3. The Morgan fingerprint density at radius 2 is 2.35 bits per heavy atom. The van der Waals surface area contributed by atoms with Crippen molar-refractivity contribution in [1.82, 2.24) is 4.90 Å². The monoisotopic (exact) mass is 252 g/mol. The predicted octanol–water partition coefficient (Wildman–Crippen LogP) is 2.56. The molecule has 0 aromatic carbocycles. The predicted molar refractivity (Wildman–Crippen MR) is 72.7 cm³/mol. The van der Waals surface area contributed by atoms with E-state index in [9.17, 15) is 0 Å². The Balaban J connectivity index is 1.89. The summed E-state index contributed by atoms with van der Waals surface area (Å²) in [5, 5.41) is 0. The van der Waals surface area contributed by atoms with E-state index in [4.69, 9.17) is 22.4 Å². The molecule has 0 amide bonds. The Morgan fingerprint density at radius 1 is 1.59 bits per heavy atom. The minimum Gasteiger partial charge on any atom is -0.468 e. The zero-order valence-electron chi connectivity index (χ0n) is 10.3. The largest absolute Gasteiger partial charge is 0.468 e. The van der Waals surface area contributed by atoms with Crippen LogP contribution in [-0.2, 0) is 6.54 Å². The molecule has 0 unspecified atom stereocenters. The lowest BCUT2D eigenvalue weighted by molar-refractivity contribution is 0.209. The second-order valence-corrected chi connectivity index (χ2v) is 5.55. The summed E-state index contributed by atoms with van der Waals surface area (Å²) in [7, 11) is 0. The van der Waals surface area contributed by atoms with Gasteiger partial charge in [-0.3, -0.25) is 4.90 Å². The fourth-order valence-corrected chi connectivity index (χ4v) is 2.62. The fraction of sp³-hybridized carbons (Fsp3) is 0.615. The number of rotatable bonds is 7. The molecule has 0 spiro atoms. The van der Waals surface area contributed by atoms with Crippen LogP contribution in [0.4, 0.5) is 0 Å². The molecule has 1 aromatic heterocycles. The Labute approximate surface area is 108 Å². The molecule has 0 atom stereocenters. The van der Waals surface area contributed by atoms with Crippen LogP contribution < -0.4 is 5.73 Å². The molecule has 17 heavy (non-hydrogen) atoms. The van der Waals surface area contributed by atoms with Crippen molar-refractivity contribution in [2.45, 2.75) is 32.7 Å². The highest BCUT2D eigenvalue weighted by molar-refractivity contribution is 7.80. The van der Waals surface area contributed by atoms with E-state index >= 15 is 0 Å². The van der Waals surface area contributed by atoms with Crippen molar-refractivity contribution in [3.63, 3.8) is 0 Å². The molecule has 1 heterocycles. The van der Waals surface area contributed by atoms with Gasteiger partial charge in [0.15, 0.2) is 0 Å². The second-order valence-electron chi connectivity index (χ2n) is 5.03. The molecular weight excluding hydrogens is 232 g/mol. The van der Waals surface area contributed by atoms with E-state index in [-0.39, 0.29) is 0 Å². The third-order valence-corrected chi connectivity index (χ3v) is 3.62. The Kier molecular flexibility index (Phi) is 3.84. The van der Waals surface area contributed by atoms with Crippen molar-refractivity contribution in [3.8, 4) is 0 Å². The Morgan fingerprint density at radius 3 is 2.82 bits per heavy atom. The number of nitrogens with zero attached hydrogens (tertiary/aromatic N) is 1. The molecule has 1 fully saturated rings. The Bertz CT molecular complexity index is 371. The second kappa shape index (κ2) is 5.19. The summed E-state index contributed by atoms with van der Waals surface area (Å²) >= 11 is 5.03. The lowest BCUT2D eigenvalue weighted by Gasteiger charge is -2.25. The summed E-state index contributed by atoms with van der Waals surface area (Å²) in [6.45, 7) is 5.16. The molecule has 2 rings (SSSR count). The lowest BCUT2D eigenvalue weighted by atomic mass is 10.0. The first-order valence-electron chi connectivity index (χ1n) is 6.17. The van der Waals surface area contributed by atoms with Gasteiger partial charge in [0.25, 0.3) is 0 Å². The van der Waals surface area contributed by atoms with Crippen LogP contribution in [0.25, 0.3) is 0 Å². The van der Waals surface area contributed by atoms with E-state index < -0.39 is 0 Å². The summed E-state index contributed by atoms with van der Waals surface area (Å²) < 4.78 is 5.39. The average molecular weight is 252 g/mol. The van der Waals surface area contributed by atoms with Gasteiger partial charge in [0.1, 0.15) is 5.76 Å². The topological polar surface area (TPSA) is 42.4 Å². The smallest absolute Gasteiger partial charge is 0.117 e. The molecule has 0 radical (unpaired) electrons. The van der Waals surface area contributed by atoms with Gasteiger partial charge >= 0.3 is 0 Å². The molecule has 0 aliphatic heterocycles. The molecule has 0 bridgehead atoms. The van der Waals surface area contributed by atoms with Gasteiger partial charge in [0, 0.05) is 13.0 Å². The number of thiocarbonyl (C=S) groups is 1. The molecule has 1 aliphatic rings. The highest BCUT2D eigenvalue weighted by Gasteiger charge is 2.43. The maximum Gasteiger partial charge on any atom is 0.117 e. The van der Waals surface area contributed by atoms with E-state index in [0.717, 1.165) is 31.8 Å². The van der Waals surface area contributed by atoms with Crippen molar-refractivity contribution >= 4 is 17.2 Å². The van der Waals surface area contributed by atoms with Crippen LogP contribution in [0.15, 0.2) is 22.8 Å². The van der Waals surface area contributed by atoms with Crippen molar-refractivity contribution < 1.29 is 4.42 Å². The molecule has 94 valence electrons. The molecule has 1 aromatic rings. The molecule has 0 saturated heterocycles. The quantitative estimate of drug-likeness (QED) is 0.757. The van der Waals surface area contributed by atoms with Crippen LogP contribution in [-0.4, -0.2) is 23.0 Å². The summed E-state index contributed by atoms with van der Waals surface area (Å²) in [5.74, 6) is 1.03. The van der Waals surface area contributed by atoms with Crippen LogP contribution in [0, 0.1) is 5.41 Å². The van der Waals surface area contributed by atoms with Crippen LogP contribution in [0.1, 0.15) is 31.9 Å². The van der Waals surface area contributed by atoms with Crippen LogP contribution in [0.5, 0.6) is 0 Å². The number of furan rings is 1. The third kappa shape index (κ3) is 3.54. The van der Waals surface area contributed by atoms with E-state index in [0.29, 0.717) is 10.4 Å². The van der Waals surface area contributed by atoms with Gasteiger partial charge in [-0.25, -0.2) is 0 Å². The lowest BCUT2D eigenvalue weighted by Crippen LogP contribution is -2.32. The third-order valence-electron chi connectivity index (χ3n) is 3.47. The maximum atomic E-state index is 5.67. The highest BCUT2D eigenvalue weighted by Crippen LogP contribution is 2.49. The van der Waals surface area contributed by atoms with E-state index in [2.05, 4.69) is 11.8 Å². The van der Waals surface area contributed by atoms with Crippen LogP contribution in [0.2, 0.25) is 0 Å². The molecule has 2 N–H and O–H groups in total. The van der Waals surface area contributed by atoms with Crippen molar-refractivity contribution in [3.05, 3.63) is 24.2 Å². The van der Waals surface area contributed by atoms with Gasteiger partial charge in [0.2, 0.25) is 0 Å². The first-order chi connectivity index (χ1) is 8.13. The van der Waals surface area contributed by atoms with Crippen LogP contribution in [0.3, 0.4) is 0 Å².